The summed E-state index contributed by atoms with van der Waals surface area (Å²) in [6, 6.07) is 0. The van der Waals surface area contributed by atoms with Crippen LogP contribution in [0.25, 0.3) is 0 Å². The number of likely N-dealkylation sites (N-methyl/N-ethyl adjacent to an activating group) is 1. The molecule has 11 heteroatoms. The number of fused-ring (bicyclic) bond motifs is 2. The Labute approximate surface area is 176 Å². The normalized spacial score (nSPS) is 19.5. The van der Waals surface area contributed by atoms with Crippen LogP contribution in [0.5, 0.6) is 17.2 Å². The molecule has 1 aromatic rings. The van der Waals surface area contributed by atoms with Gasteiger partial charge in [-0.25, -0.2) is 13.2 Å². The molecule has 4 rings (SSSR count). The summed E-state index contributed by atoms with van der Waals surface area (Å²) < 4.78 is 50.6. The minimum absolute atomic E-state index is 0.0520. The molecular formula is C19H27N3O7S. The van der Waals surface area contributed by atoms with E-state index in [0.717, 1.165) is 17.7 Å². The molecule has 1 fully saturated rings. The van der Waals surface area contributed by atoms with Crippen LogP contribution in [-0.4, -0.2) is 88.9 Å². The van der Waals surface area contributed by atoms with E-state index in [2.05, 4.69) is 4.90 Å². The van der Waals surface area contributed by atoms with Gasteiger partial charge in [-0.05, 0) is 26.0 Å². The van der Waals surface area contributed by atoms with Crippen LogP contribution < -0.4 is 14.2 Å². The van der Waals surface area contributed by atoms with E-state index in [9.17, 15) is 13.2 Å². The van der Waals surface area contributed by atoms with Gasteiger partial charge in [0.2, 0.25) is 22.6 Å². The average molecular weight is 442 g/mol. The minimum Gasteiger partial charge on any atom is -0.492 e. The first-order chi connectivity index (χ1) is 14.4. The number of ether oxygens (including phenoxy) is 4. The Bertz CT molecular complexity index is 942. The second kappa shape index (κ2) is 8.12. The number of hydrogen-bond donors (Lipinski definition) is 0. The fourth-order valence-electron chi connectivity index (χ4n) is 4.19. The molecule has 0 unspecified atom stereocenters. The van der Waals surface area contributed by atoms with Crippen molar-refractivity contribution in [3.05, 3.63) is 11.1 Å². The van der Waals surface area contributed by atoms with E-state index >= 15 is 0 Å². The first-order valence-electron chi connectivity index (χ1n) is 10.00. The van der Waals surface area contributed by atoms with E-state index in [0.29, 0.717) is 24.5 Å². The van der Waals surface area contributed by atoms with Crippen LogP contribution in [0.15, 0.2) is 4.90 Å². The van der Waals surface area contributed by atoms with E-state index in [1.165, 1.54) is 9.21 Å². The Kier molecular flexibility index (Phi) is 5.69. The lowest BCUT2D eigenvalue weighted by molar-refractivity contribution is 0.0933. The van der Waals surface area contributed by atoms with E-state index in [1.54, 1.807) is 14.0 Å². The molecule has 0 atom stereocenters. The third-order valence-corrected chi connectivity index (χ3v) is 7.67. The smallest absolute Gasteiger partial charge is 0.409 e. The van der Waals surface area contributed by atoms with Crippen LogP contribution in [-0.2, 0) is 27.7 Å². The fourth-order valence-corrected chi connectivity index (χ4v) is 6.02. The monoisotopic (exact) mass is 441 g/mol. The fraction of sp³-hybridized carbons (Fsp3) is 0.632. The van der Waals surface area contributed by atoms with Crippen molar-refractivity contribution in [2.45, 2.75) is 24.8 Å². The van der Waals surface area contributed by atoms with Gasteiger partial charge in [0.05, 0.1) is 13.7 Å². The van der Waals surface area contributed by atoms with Gasteiger partial charge >= 0.3 is 6.09 Å². The van der Waals surface area contributed by atoms with Crippen molar-refractivity contribution in [3.8, 4) is 17.2 Å². The average Bonchev–Trinajstić information content (AvgIpc) is 3.21. The number of carbonyl (C=O) groups is 1. The maximum Gasteiger partial charge on any atom is 0.409 e. The minimum atomic E-state index is -3.86. The third-order valence-electron chi connectivity index (χ3n) is 5.68. The van der Waals surface area contributed by atoms with Gasteiger partial charge in [-0.1, -0.05) is 0 Å². The van der Waals surface area contributed by atoms with Gasteiger partial charge in [0.1, 0.15) is 4.90 Å². The Balaban J connectivity index is 1.71. The Morgan fingerprint density at radius 3 is 2.43 bits per heavy atom. The molecule has 1 amide bonds. The zero-order valence-corrected chi connectivity index (χ0v) is 18.3. The van der Waals surface area contributed by atoms with Crippen molar-refractivity contribution in [2.75, 3.05) is 60.3 Å². The van der Waals surface area contributed by atoms with Crippen LogP contribution in [0.2, 0.25) is 0 Å². The number of nitrogens with zero attached hydrogens (tertiary/aromatic N) is 3. The maximum absolute atomic E-state index is 13.7. The Morgan fingerprint density at radius 1 is 1.07 bits per heavy atom. The second-order valence-corrected chi connectivity index (χ2v) is 9.34. The lowest BCUT2D eigenvalue weighted by atomic mass is 9.97. The molecule has 0 aliphatic carbocycles. The zero-order valence-electron chi connectivity index (χ0n) is 17.5. The van der Waals surface area contributed by atoms with Gasteiger partial charge in [-0.15, -0.1) is 0 Å². The van der Waals surface area contributed by atoms with Gasteiger partial charge in [0, 0.05) is 44.8 Å². The van der Waals surface area contributed by atoms with Gasteiger partial charge in [0.15, 0.2) is 11.5 Å². The van der Waals surface area contributed by atoms with Crippen molar-refractivity contribution in [1.29, 1.82) is 0 Å². The molecule has 0 aromatic heterocycles. The summed E-state index contributed by atoms with van der Waals surface area (Å²) in [6.45, 7) is 4.21. The van der Waals surface area contributed by atoms with Crippen LogP contribution in [0.1, 0.15) is 18.1 Å². The second-order valence-electron chi connectivity index (χ2n) is 7.46. The highest BCUT2D eigenvalue weighted by Gasteiger charge is 2.41. The van der Waals surface area contributed by atoms with Crippen LogP contribution in [0, 0.1) is 0 Å². The molecule has 3 aliphatic heterocycles. The first-order valence-corrected chi connectivity index (χ1v) is 11.4. The molecule has 10 nitrogen and oxygen atoms in total. The van der Waals surface area contributed by atoms with Gasteiger partial charge < -0.3 is 28.7 Å². The molecule has 0 saturated carbocycles. The summed E-state index contributed by atoms with van der Waals surface area (Å²) in [5.74, 6) is 1.10. The number of rotatable bonds is 4. The highest BCUT2D eigenvalue weighted by Crippen LogP contribution is 2.51. The van der Waals surface area contributed by atoms with Crippen LogP contribution in [0.3, 0.4) is 0 Å². The van der Waals surface area contributed by atoms with Crippen molar-refractivity contribution < 1.29 is 32.2 Å². The number of benzene rings is 1. The number of carbonyl (C=O) groups excluding carboxylic acids is 1. The summed E-state index contributed by atoms with van der Waals surface area (Å²) in [5, 5.41) is 0. The number of hydrogen-bond acceptors (Lipinski definition) is 8. The van der Waals surface area contributed by atoms with E-state index in [1.807, 2.05) is 7.05 Å². The quantitative estimate of drug-likeness (QED) is 0.679. The number of amides is 1. The highest BCUT2D eigenvalue weighted by atomic mass is 32.2. The SMILES string of the molecule is CCOC(=O)N1CCN(S(=O)(=O)c2c3c(c(OC)c4c2OCO4)CN(C)CC3)CC1. The zero-order chi connectivity index (χ0) is 21.5. The standard InChI is InChI=1S/C19H27N3O7S/c1-4-27-19(23)21-7-9-22(10-8-21)30(24,25)18-13-5-6-20(2)11-14(13)15(26-3)16-17(18)29-12-28-16/h4-12H2,1-3H3. The molecule has 0 N–H and O–H groups in total. The van der Waals surface area contributed by atoms with Gasteiger partial charge in [-0.2, -0.15) is 4.31 Å². The molecule has 1 aromatic carbocycles. The molecule has 3 heterocycles. The Hall–Kier alpha value is -2.24. The molecule has 1 saturated heterocycles. The van der Waals surface area contributed by atoms with E-state index in [-0.39, 0.29) is 50.2 Å². The molecule has 0 spiro atoms. The largest absolute Gasteiger partial charge is 0.492 e. The van der Waals surface area contributed by atoms with Gasteiger partial charge in [0.25, 0.3) is 0 Å². The van der Waals surface area contributed by atoms with Crippen molar-refractivity contribution in [1.82, 2.24) is 14.1 Å². The van der Waals surface area contributed by atoms with Crippen molar-refractivity contribution in [3.63, 3.8) is 0 Å². The van der Waals surface area contributed by atoms with Crippen LogP contribution >= 0.6 is 0 Å². The number of sulfonamides is 1. The summed E-state index contributed by atoms with van der Waals surface area (Å²) in [6.07, 6.45) is 0.146. The first kappa shape index (κ1) is 21.0. The number of piperazine rings is 1. The topological polar surface area (TPSA) is 97.9 Å². The Morgan fingerprint density at radius 2 is 1.77 bits per heavy atom. The lowest BCUT2D eigenvalue weighted by Crippen LogP contribution is -2.50. The van der Waals surface area contributed by atoms with E-state index < -0.39 is 16.1 Å². The molecule has 0 bridgehead atoms. The molecule has 3 aliphatic rings. The third kappa shape index (κ3) is 3.44. The highest BCUT2D eigenvalue weighted by molar-refractivity contribution is 7.89. The summed E-state index contributed by atoms with van der Waals surface area (Å²) in [4.78, 5) is 15.8. The maximum atomic E-state index is 13.7. The summed E-state index contributed by atoms with van der Waals surface area (Å²) >= 11 is 0. The predicted octanol–water partition coefficient (Wildman–Crippen LogP) is 0.875. The van der Waals surface area contributed by atoms with Crippen LogP contribution in [0.4, 0.5) is 4.79 Å². The van der Waals surface area contributed by atoms with E-state index in [4.69, 9.17) is 18.9 Å². The van der Waals surface area contributed by atoms with Crippen molar-refractivity contribution >= 4 is 16.1 Å². The predicted molar refractivity (Wildman–Crippen MR) is 107 cm³/mol. The lowest BCUT2D eigenvalue weighted by Gasteiger charge is -2.35. The summed E-state index contributed by atoms with van der Waals surface area (Å²) in [5.41, 5.74) is 1.54. The molecule has 166 valence electrons. The molecule has 0 radical (unpaired) electrons. The number of methoxy groups -OCH3 is 1. The van der Waals surface area contributed by atoms with Crippen molar-refractivity contribution in [2.24, 2.45) is 0 Å². The molecular weight excluding hydrogens is 414 g/mol. The molecule has 30 heavy (non-hydrogen) atoms. The van der Waals surface area contributed by atoms with Gasteiger partial charge in [-0.3, -0.25) is 0 Å². The summed E-state index contributed by atoms with van der Waals surface area (Å²) in [7, 11) is -0.325.